The third-order valence-electron chi connectivity index (χ3n) is 4.75. The molecule has 3 N–H and O–H groups in total. The number of nitrogen functional groups attached to an aromatic ring is 1. The number of nitrogens with two attached hydrogens (primary N) is 1. The van der Waals surface area contributed by atoms with Crippen molar-refractivity contribution in [2.75, 3.05) is 18.2 Å². The van der Waals surface area contributed by atoms with Crippen molar-refractivity contribution >= 4 is 23.3 Å². The number of aromatic nitrogens is 5. The quantitative estimate of drug-likeness (QED) is 0.471. The molecule has 0 saturated carbocycles. The van der Waals surface area contributed by atoms with Crippen molar-refractivity contribution in [2.24, 2.45) is 0 Å². The molecule has 4 aromatic heterocycles. The van der Waals surface area contributed by atoms with E-state index in [2.05, 4.69) is 20.3 Å². The Kier molecular flexibility index (Phi) is 5.15. The second kappa shape index (κ2) is 8.08. The van der Waals surface area contributed by atoms with Crippen LogP contribution in [0.2, 0.25) is 0 Å². The summed E-state index contributed by atoms with van der Waals surface area (Å²) < 4.78 is 6.69. The maximum absolute atomic E-state index is 12.4. The Balaban J connectivity index is 1.91. The molecule has 0 aliphatic rings. The van der Waals surface area contributed by atoms with Crippen molar-refractivity contribution in [2.45, 2.75) is 13.0 Å². The molecule has 1 atom stereocenters. The second-order valence-electron chi connectivity index (χ2n) is 6.64. The fourth-order valence-electron chi connectivity index (χ4n) is 3.35. The van der Waals surface area contributed by atoms with Gasteiger partial charge in [0.2, 0.25) is 0 Å². The van der Waals surface area contributed by atoms with Crippen LogP contribution < -0.4 is 11.1 Å². The van der Waals surface area contributed by atoms with Crippen LogP contribution in [0.4, 0.5) is 11.6 Å². The average molecular weight is 414 g/mol. The number of nitrogens with one attached hydrogen (secondary N) is 1. The molecule has 154 valence electrons. The van der Waals surface area contributed by atoms with E-state index in [0.29, 0.717) is 28.5 Å². The van der Waals surface area contributed by atoms with E-state index in [1.807, 2.05) is 19.1 Å². The highest BCUT2D eigenvalue weighted by Gasteiger charge is 2.24. The largest absolute Gasteiger partial charge is 0.464 e. The van der Waals surface area contributed by atoms with Crippen molar-refractivity contribution in [1.29, 1.82) is 5.26 Å². The maximum atomic E-state index is 12.4. The summed E-state index contributed by atoms with van der Waals surface area (Å²) in [6.45, 7) is 1.87. The Bertz CT molecular complexity index is 1310. The van der Waals surface area contributed by atoms with Gasteiger partial charge >= 0.3 is 5.97 Å². The predicted molar refractivity (Wildman–Crippen MR) is 113 cm³/mol. The van der Waals surface area contributed by atoms with Gasteiger partial charge in [-0.05, 0) is 31.2 Å². The molecule has 0 unspecified atom stereocenters. The molecule has 0 aliphatic carbocycles. The monoisotopic (exact) mass is 414 g/mol. The van der Waals surface area contributed by atoms with Crippen molar-refractivity contribution in [3.05, 3.63) is 66.0 Å². The number of hydrogen-bond donors (Lipinski definition) is 2. The second-order valence-corrected chi connectivity index (χ2v) is 6.64. The number of anilines is 2. The topological polar surface area (TPSA) is 144 Å². The number of methoxy groups -OCH3 is 1. The van der Waals surface area contributed by atoms with Crippen molar-refractivity contribution in [1.82, 2.24) is 24.3 Å². The van der Waals surface area contributed by atoms with E-state index in [-0.39, 0.29) is 11.4 Å². The number of nitriles is 1. The van der Waals surface area contributed by atoms with Gasteiger partial charge in [-0.3, -0.25) is 9.38 Å². The van der Waals surface area contributed by atoms with Gasteiger partial charge in [-0.25, -0.2) is 19.7 Å². The number of carbonyl (C=O) groups excluding carboxylic acids is 1. The number of rotatable bonds is 5. The SMILES string of the molecule is COC(=O)c1cccc2nc([C@H](C)Nc3ncnc(N)c3C#N)c(-c3cccnc3)n12. The number of esters is 1. The lowest BCUT2D eigenvalue weighted by atomic mass is 10.1. The lowest BCUT2D eigenvalue weighted by Gasteiger charge is -2.16. The number of nitrogens with zero attached hydrogens (tertiary/aromatic N) is 6. The average Bonchev–Trinajstić information content (AvgIpc) is 3.19. The van der Waals surface area contributed by atoms with Crippen molar-refractivity contribution in [3.63, 3.8) is 0 Å². The van der Waals surface area contributed by atoms with E-state index in [0.717, 1.165) is 5.56 Å². The number of ether oxygens (including phenoxy) is 1. The summed E-state index contributed by atoms with van der Waals surface area (Å²) in [5.74, 6) is -0.108. The molecule has 0 saturated heterocycles. The summed E-state index contributed by atoms with van der Waals surface area (Å²) in [4.78, 5) is 29.4. The van der Waals surface area contributed by atoms with Crippen molar-refractivity contribution in [3.8, 4) is 17.3 Å². The molecule has 4 aromatic rings. The van der Waals surface area contributed by atoms with E-state index in [9.17, 15) is 10.1 Å². The molecule has 0 aromatic carbocycles. The molecule has 0 amide bonds. The third-order valence-corrected chi connectivity index (χ3v) is 4.75. The van der Waals surface area contributed by atoms with Gasteiger partial charge in [0.25, 0.3) is 0 Å². The minimum atomic E-state index is -0.490. The fourth-order valence-corrected chi connectivity index (χ4v) is 3.35. The molecule has 0 bridgehead atoms. The zero-order valence-electron chi connectivity index (χ0n) is 16.8. The summed E-state index contributed by atoms with van der Waals surface area (Å²) in [7, 11) is 1.33. The number of pyridine rings is 2. The molecule has 10 nitrogen and oxygen atoms in total. The first-order valence-electron chi connectivity index (χ1n) is 9.32. The summed E-state index contributed by atoms with van der Waals surface area (Å²) in [5.41, 5.74) is 8.91. The van der Waals surface area contributed by atoms with E-state index in [4.69, 9.17) is 15.5 Å². The standard InChI is InChI=1S/C21H18N8O2/c1-12(27-20-14(9-22)19(23)25-11-26-20)17-18(13-5-4-8-24-10-13)29-15(21(30)31-2)6-3-7-16(29)28-17/h3-8,10-12H,1-2H3,(H3,23,25,26,27)/t12-/m0/s1. The smallest absolute Gasteiger partial charge is 0.355 e. The van der Waals surface area contributed by atoms with Crippen LogP contribution in [0.1, 0.15) is 34.7 Å². The van der Waals surface area contributed by atoms with Crippen molar-refractivity contribution < 1.29 is 9.53 Å². The molecule has 0 fully saturated rings. The zero-order valence-corrected chi connectivity index (χ0v) is 16.8. The third kappa shape index (κ3) is 3.49. The molecular weight excluding hydrogens is 396 g/mol. The molecule has 0 spiro atoms. The van der Waals surface area contributed by atoms with Crippen LogP contribution in [-0.4, -0.2) is 37.4 Å². The summed E-state index contributed by atoms with van der Waals surface area (Å²) in [5, 5.41) is 12.6. The van der Waals surface area contributed by atoms with Crippen LogP contribution >= 0.6 is 0 Å². The van der Waals surface area contributed by atoms with Crippen LogP contribution in [0.25, 0.3) is 16.9 Å². The zero-order chi connectivity index (χ0) is 22.0. The number of fused-ring (bicyclic) bond motifs is 1. The van der Waals surface area contributed by atoms with Gasteiger partial charge in [-0.2, -0.15) is 5.26 Å². The molecular formula is C21H18N8O2. The van der Waals surface area contributed by atoms with Crippen LogP contribution in [0.5, 0.6) is 0 Å². The van der Waals surface area contributed by atoms with E-state index in [1.165, 1.54) is 13.4 Å². The number of carbonyl (C=O) groups is 1. The molecule has 4 heterocycles. The first-order chi connectivity index (χ1) is 15.0. The van der Waals surface area contributed by atoms with Crippen LogP contribution in [0.15, 0.2) is 49.1 Å². The first kappa shape index (κ1) is 19.8. The molecule has 0 aliphatic heterocycles. The number of imidazole rings is 1. The van der Waals surface area contributed by atoms with Gasteiger partial charge in [0, 0.05) is 18.0 Å². The Morgan fingerprint density at radius 2 is 2.13 bits per heavy atom. The van der Waals surface area contributed by atoms with Gasteiger partial charge in [0.15, 0.2) is 0 Å². The summed E-state index contributed by atoms with van der Waals surface area (Å²) in [6.07, 6.45) is 4.64. The van der Waals surface area contributed by atoms with Gasteiger partial charge in [0.05, 0.1) is 24.5 Å². The van der Waals surface area contributed by atoms with Gasteiger partial charge < -0.3 is 15.8 Å². The van der Waals surface area contributed by atoms with E-state index < -0.39 is 12.0 Å². The highest BCUT2D eigenvalue weighted by molar-refractivity contribution is 5.89. The Hall–Kier alpha value is -4.52. The predicted octanol–water partition coefficient (Wildman–Crippen LogP) is 2.60. The van der Waals surface area contributed by atoms with Crippen LogP contribution in [-0.2, 0) is 4.74 Å². The van der Waals surface area contributed by atoms with Gasteiger partial charge in [-0.1, -0.05) is 6.07 Å². The summed E-state index contributed by atoms with van der Waals surface area (Å²) >= 11 is 0. The fraction of sp³-hybridized carbons (Fsp3) is 0.143. The summed E-state index contributed by atoms with van der Waals surface area (Å²) in [6, 6.07) is 10.5. The number of hydrogen-bond acceptors (Lipinski definition) is 9. The molecule has 4 rings (SSSR count). The van der Waals surface area contributed by atoms with Crippen LogP contribution in [0.3, 0.4) is 0 Å². The lowest BCUT2D eigenvalue weighted by molar-refractivity contribution is 0.0592. The Labute approximate surface area is 177 Å². The molecule has 10 heteroatoms. The maximum Gasteiger partial charge on any atom is 0.355 e. The Morgan fingerprint density at radius 1 is 1.29 bits per heavy atom. The van der Waals surface area contributed by atoms with E-state index in [1.54, 1.807) is 41.1 Å². The Morgan fingerprint density at radius 3 is 2.84 bits per heavy atom. The normalized spacial score (nSPS) is 11.6. The van der Waals surface area contributed by atoms with Gasteiger partial charge in [0.1, 0.15) is 40.9 Å². The molecule has 31 heavy (non-hydrogen) atoms. The molecule has 0 radical (unpaired) electrons. The first-order valence-corrected chi connectivity index (χ1v) is 9.32. The minimum absolute atomic E-state index is 0.0858. The minimum Gasteiger partial charge on any atom is -0.464 e. The van der Waals surface area contributed by atoms with E-state index >= 15 is 0 Å². The highest BCUT2D eigenvalue weighted by Crippen LogP contribution is 2.32. The highest BCUT2D eigenvalue weighted by atomic mass is 16.5. The van der Waals surface area contributed by atoms with Gasteiger partial charge in [-0.15, -0.1) is 0 Å². The lowest BCUT2D eigenvalue weighted by Crippen LogP contribution is -2.13. The van der Waals surface area contributed by atoms with Crippen LogP contribution in [0, 0.1) is 11.3 Å².